The standard InChI is InChI=1S/C19H12BF3N2/c21-15-8-6-13(7-9-15)17-10-11-18(25(17)20(22)23)16-5-1-3-14-4-2-12-24-19(14)16/h1-12H. The van der Waals surface area contributed by atoms with Gasteiger partial charge in [0.15, 0.2) is 0 Å². The van der Waals surface area contributed by atoms with Gasteiger partial charge < -0.3 is 4.48 Å². The number of rotatable bonds is 3. The summed E-state index contributed by atoms with van der Waals surface area (Å²) in [7, 11) is -2.73. The van der Waals surface area contributed by atoms with Crippen molar-refractivity contribution in [2.45, 2.75) is 0 Å². The zero-order valence-corrected chi connectivity index (χ0v) is 13.0. The maximum absolute atomic E-state index is 13.8. The number of halogens is 3. The van der Waals surface area contributed by atoms with Crippen LogP contribution in [0.4, 0.5) is 13.0 Å². The first-order chi connectivity index (χ1) is 12.1. The Labute approximate surface area is 142 Å². The van der Waals surface area contributed by atoms with E-state index in [0.717, 1.165) is 9.86 Å². The van der Waals surface area contributed by atoms with Crippen LogP contribution in [0.1, 0.15) is 0 Å². The highest BCUT2D eigenvalue weighted by Crippen LogP contribution is 2.33. The van der Waals surface area contributed by atoms with Crippen molar-refractivity contribution < 1.29 is 13.0 Å². The lowest BCUT2D eigenvalue weighted by Gasteiger charge is -2.12. The van der Waals surface area contributed by atoms with Crippen molar-refractivity contribution in [3.05, 3.63) is 78.7 Å². The smallest absolute Gasteiger partial charge is 0.325 e. The molecule has 0 unspecified atom stereocenters. The van der Waals surface area contributed by atoms with Gasteiger partial charge in [0.2, 0.25) is 0 Å². The van der Waals surface area contributed by atoms with E-state index in [-0.39, 0.29) is 0 Å². The molecule has 4 aromatic rings. The van der Waals surface area contributed by atoms with E-state index in [4.69, 9.17) is 0 Å². The van der Waals surface area contributed by atoms with E-state index in [2.05, 4.69) is 4.98 Å². The molecule has 0 radical (unpaired) electrons. The normalized spacial score (nSPS) is 11.0. The molecule has 0 aliphatic rings. The van der Waals surface area contributed by atoms with Crippen LogP contribution in [0.5, 0.6) is 0 Å². The molecule has 0 aliphatic carbocycles. The second-order valence-electron chi connectivity index (χ2n) is 5.64. The van der Waals surface area contributed by atoms with Crippen molar-refractivity contribution in [3.8, 4) is 22.5 Å². The summed E-state index contributed by atoms with van der Waals surface area (Å²) in [5.74, 6) is -0.405. The van der Waals surface area contributed by atoms with Crippen LogP contribution in [0.2, 0.25) is 0 Å². The second kappa shape index (κ2) is 6.13. The number of nitrogens with zero attached hydrogens (tertiary/aromatic N) is 2. The van der Waals surface area contributed by atoms with E-state index in [9.17, 15) is 13.0 Å². The van der Waals surface area contributed by atoms with Gasteiger partial charge in [0.05, 0.1) is 5.52 Å². The molecule has 0 amide bonds. The maximum atomic E-state index is 13.8. The molecular formula is C19H12BF3N2. The molecule has 2 nitrogen and oxygen atoms in total. The zero-order chi connectivity index (χ0) is 17.4. The Kier molecular flexibility index (Phi) is 3.80. The molecule has 0 fully saturated rings. The van der Waals surface area contributed by atoms with Crippen LogP contribution in [0.25, 0.3) is 33.4 Å². The van der Waals surface area contributed by atoms with Gasteiger partial charge in [0.25, 0.3) is 0 Å². The molecule has 0 saturated heterocycles. The average Bonchev–Trinajstić information content (AvgIpc) is 3.07. The number of pyridine rings is 1. The number of aromatic nitrogens is 2. The SMILES string of the molecule is FB(F)n1c(-c2ccc(F)cc2)ccc1-c1cccc2cccnc12. The van der Waals surface area contributed by atoms with Gasteiger partial charge >= 0.3 is 7.40 Å². The number of hydrogen-bond acceptors (Lipinski definition) is 1. The lowest BCUT2D eigenvalue weighted by Crippen LogP contribution is -2.15. The highest BCUT2D eigenvalue weighted by Gasteiger charge is 2.25. The van der Waals surface area contributed by atoms with E-state index in [1.165, 1.54) is 24.3 Å². The van der Waals surface area contributed by atoms with Gasteiger partial charge in [-0.15, -0.1) is 0 Å². The van der Waals surface area contributed by atoms with Crippen LogP contribution < -0.4 is 0 Å². The van der Waals surface area contributed by atoms with Gasteiger partial charge in [-0.3, -0.25) is 13.6 Å². The molecule has 0 atom stereocenters. The van der Waals surface area contributed by atoms with Gasteiger partial charge in [0.1, 0.15) is 5.82 Å². The average molecular weight is 336 g/mol. The zero-order valence-electron chi connectivity index (χ0n) is 13.0. The molecule has 0 bridgehead atoms. The fourth-order valence-corrected chi connectivity index (χ4v) is 3.04. The lowest BCUT2D eigenvalue weighted by molar-refractivity contribution is 0.627. The van der Waals surface area contributed by atoms with Gasteiger partial charge in [-0.05, 0) is 35.9 Å². The maximum Gasteiger partial charge on any atom is 0.678 e. The number of hydrogen-bond donors (Lipinski definition) is 0. The van der Waals surface area contributed by atoms with Crippen molar-refractivity contribution in [1.82, 2.24) is 9.46 Å². The Morgan fingerprint density at radius 3 is 2.28 bits per heavy atom. The molecular weight excluding hydrogens is 324 g/mol. The topological polar surface area (TPSA) is 17.8 Å². The molecule has 25 heavy (non-hydrogen) atoms. The van der Waals surface area contributed by atoms with Gasteiger partial charge in [-0.25, -0.2) is 4.39 Å². The number of para-hydroxylation sites is 1. The third-order valence-corrected chi connectivity index (χ3v) is 4.16. The van der Waals surface area contributed by atoms with Crippen LogP contribution in [-0.2, 0) is 0 Å². The molecule has 6 heteroatoms. The van der Waals surface area contributed by atoms with E-state index < -0.39 is 13.2 Å². The second-order valence-corrected chi connectivity index (χ2v) is 5.64. The number of fused-ring (bicyclic) bond motifs is 1. The molecule has 0 aliphatic heterocycles. The van der Waals surface area contributed by atoms with E-state index in [0.29, 0.717) is 28.0 Å². The first-order valence-electron chi connectivity index (χ1n) is 7.74. The van der Waals surface area contributed by atoms with Crippen LogP contribution in [0, 0.1) is 5.82 Å². The summed E-state index contributed by atoms with van der Waals surface area (Å²) >= 11 is 0. The summed E-state index contributed by atoms with van der Waals surface area (Å²) in [5.41, 5.74) is 2.53. The van der Waals surface area contributed by atoms with Crippen LogP contribution in [-0.4, -0.2) is 16.9 Å². The fraction of sp³-hybridized carbons (Fsp3) is 0. The lowest BCUT2D eigenvalue weighted by atomic mass is 10.0. The third kappa shape index (κ3) is 2.69. The molecule has 2 heterocycles. The fourth-order valence-electron chi connectivity index (χ4n) is 3.04. The summed E-state index contributed by atoms with van der Waals surface area (Å²) in [4.78, 5) is 4.34. The first kappa shape index (κ1) is 15.5. The predicted molar refractivity (Wildman–Crippen MR) is 93.9 cm³/mol. The molecule has 4 rings (SSSR count). The summed E-state index contributed by atoms with van der Waals surface area (Å²) in [6, 6.07) is 18.0. The first-order valence-corrected chi connectivity index (χ1v) is 7.74. The monoisotopic (exact) mass is 336 g/mol. The van der Waals surface area contributed by atoms with Crippen LogP contribution >= 0.6 is 0 Å². The highest BCUT2D eigenvalue weighted by atomic mass is 19.2. The minimum absolute atomic E-state index is 0.331. The molecule has 0 saturated carbocycles. The van der Waals surface area contributed by atoms with Gasteiger partial charge in [-0.1, -0.05) is 36.4 Å². The highest BCUT2D eigenvalue weighted by molar-refractivity contribution is 6.42. The summed E-state index contributed by atoms with van der Waals surface area (Å²) in [6.07, 6.45) is 1.64. The Morgan fingerprint density at radius 1 is 0.800 bits per heavy atom. The van der Waals surface area contributed by atoms with Gasteiger partial charge in [-0.2, -0.15) is 0 Å². The summed E-state index contributed by atoms with van der Waals surface area (Å²) in [5, 5.41) is 0.880. The van der Waals surface area contributed by atoms with E-state index >= 15 is 0 Å². The third-order valence-electron chi connectivity index (χ3n) is 4.16. The Morgan fingerprint density at radius 2 is 1.52 bits per heavy atom. The quantitative estimate of drug-likeness (QED) is 0.465. The molecule has 2 aromatic carbocycles. The minimum atomic E-state index is -2.73. The van der Waals surface area contributed by atoms with Crippen molar-refractivity contribution >= 4 is 18.3 Å². The van der Waals surface area contributed by atoms with Crippen molar-refractivity contribution in [3.63, 3.8) is 0 Å². The van der Waals surface area contributed by atoms with Crippen LogP contribution in [0.3, 0.4) is 0 Å². The van der Waals surface area contributed by atoms with E-state index in [1.54, 1.807) is 24.4 Å². The Bertz CT molecular complexity index is 1040. The predicted octanol–water partition coefficient (Wildman–Crippen LogP) is 5.28. The summed E-state index contributed by atoms with van der Waals surface area (Å²) in [6.45, 7) is 0. The number of benzene rings is 2. The van der Waals surface area contributed by atoms with Crippen molar-refractivity contribution in [2.24, 2.45) is 0 Å². The van der Waals surface area contributed by atoms with Crippen LogP contribution in [0.15, 0.2) is 72.9 Å². The minimum Gasteiger partial charge on any atom is -0.325 e. The Hall–Kier alpha value is -3.02. The largest absolute Gasteiger partial charge is 0.678 e. The van der Waals surface area contributed by atoms with Crippen molar-refractivity contribution in [2.75, 3.05) is 0 Å². The molecule has 122 valence electrons. The Balaban J connectivity index is 1.95. The van der Waals surface area contributed by atoms with Gasteiger partial charge in [0, 0.05) is 28.5 Å². The molecule has 0 N–H and O–H groups in total. The van der Waals surface area contributed by atoms with Crippen molar-refractivity contribution in [1.29, 1.82) is 0 Å². The van der Waals surface area contributed by atoms with E-state index in [1.807, 2.05) is 24.3 Å². The molecule has 0 spiro atoms. The molecule has 2 aromatic heterocycles. The summed E-state index contributed by atoms with van der Waals surface area (Å²) < 4.78 is 41.8.